The lowest BCUT2D eigenvalue weighted by Crippen LogP contribution is -2.54. The standard InChI is InChI=1S/C32H38O2/c1-3-18-33-27-11-10-25-20-26-14-15-30(2)28(24-9-8-22-6-4-5-7-23(22)19-24)12-13-29(30)32(26)17-16-31(25,21-27)34-32/h4-9,14,19-20,27-29H,3,10-13,15-18,21H2,1-2H3/t27-,28-,29-,30-,31?,32-/m1/s1. The lowest BCUT2D eigenvalue weighted by Gasteiger charge is -2.54. The highest BCUT2D eigenvalue weighted by atomic mass is 16.5. The average molecular weight is 455 g/mol. The van der Waals surface area contributed by atoms with E-state index in [1.807, 2.05) is 0 Å². The molecule has 2 bridgehead atoms. The summed E-state index contributed by atoms with van der Waals surface area (Å²) in [7, 11) is 0. The summed E-state index contributed by atoms with van der Waals surface area (Å²) in [5, 5.41) is 2.72. The molecule has 2 saturated carbocycles. The minimum atomic E-state index is -0.0747. The fourth-order valence-electron chi connectivity index (χ4n) is 8.76. The van der Waals surface area contributed by atoms with Gasteiger partial charge in [-0.15, -0.1) is 0 Å². The van der Waals surface area contributed by atoms with E-state index in [4.69, 9.17) is 9.47 Å². The molecule has 0 amide bonds. The fourth-order valence-corrected chi connectivity index (χ4v) is 8.76. The van der Waals surface area contributed by atoms with E-state index in [0.29, 0.717) is 17.9 Å². The Labute approximate surface area is 204 Å². The molecule has 2 heteroatoms. The number of hydrogen-bond donors (Lipinski definition) is 0. The minimum absolute atomic E-state index is 0.0622. The van der Waals surface area contributed by atoms with Gasteiger partial charge in [-0.2, -0.15) is 0 Å². The Morgan fingerprint density at radius 2 is 1.91 bits per heavy atom. The van der Waals surface area contributed by atoms with Gasteiger partial charge in [-0.05, 0) is 96.1 Å². The summed E-state index contributed by atoms with van der Waals surface area (Å²) < 4.78 is 13.7. The molecule has 178 valence electrons. The lowest BCUT2D eigenvalue weighted by atomic mass is 9.58. The number of rotatable bonds is 4. The van der Waals surface area contributed by atoms with Gasteiger partial charge in [0, 0.05) is 13.0 Å². The zero-order valence-electron chi connectivity index (χ0n) is 20.8. The van der Waals surface area contributed by atoms with E-state index in [1.54, 1.807) is 5.57 Å². The van der Waals surface area contributed by atoms with Crippen molar-refractivity contribution in [3.8, 4) is 0 Å². The second-order valence-electron chi connectivity index (χ2n) is 12.0. The van der Waals surface area contributed by atoms with E-state index in [9.17, 15) is 0 Å². The third-order valence-electron chi connectivity index (χ3n) is 10.4. The van der Waals surface area contributed by atoms with E-state index < -0.39 is 0 Å². The van der Waals surface area contributed by atoms with Crippen LogP contribution in [0.4, 0.5) is 0 Å². The predicted molar refractivity (Wildman–Crippen MR) is 138 cm³/mol. The summed E-state index contributed by atoms with van der Waals surface area (Å²) in [5.74, 6) is 1.21. The largest absolute Gasteiger partial charge is 0.378 e. The highest BCUT2D eigenvalue weighted by Gasteiger charge is 2.66. The van der Waals surface area contributed by atoms with Crippen molar-refractivity contribution in [3.63, 3.8) is 0 Å². The van der Waals surface area contributed by atoms with Gasteiger partial charge in [0.05, 0.1) is 17.3 Å². The number of benzene rings is 2. The summed E-state index contributed by atoms with van der Waals surface area (Å²) in [6.45, 7) is 5.67. The first kappa shape index (κ1) is 21.4. The van der Waals surface area contributed by atoms with Gasteiger partial charge >= 0.3 is 0 Å². The first-order chi connectivity index (χ1) is 16.6. The molecular weight excluding hydrogens is 416 g/mol. The lowest BCUT2D eigenvalue weighted by molar-refractivity contribution is -0.149. The number of fused-ring (bicyclic) bond motifs is 2. The fraction of sp³-hybridized carbons (Fsp3) is 0.562. The van der Waals surface area contributed by atoms with Crippen molar-refractivity contribution in [3.05, 3.63) is 71.3 Å². The predicted octanol–water partition coefficient (Wildman–Crippen LogP) is 7.88. The molecule has 2 aromatic carbocycles. The monoisotopic (exact) mass is 454 g/mol. The number of ether oxygens (including phenoxy) is 2. The topological polar surface area (TPSA) is 18.5 Å². The van der Waals surface area contributed by atoms with Crippen molar-refractivity contribution in [2.45, 2.75) is 94.9 Å². The Morgan fingerprint density at radius 3 is 2.79 bits per heavy atom. The van der Waals surface area contributed by atoms with Gasteiger partial charge in [-0.25, -0.2) is 0 Å². The van der Waals surface area contributed by atoms with Crippen molar-refractivity contribution in [1.29, 1.82) is 0 Å². The van der Waals surface area contributed by atoms with Gasteiger partial charge in [0.25, 0.3) is 0 Å². The van der Waals surface area contributed by atoms with Crippen LogP contribution in [-0.2, 0) is 9.47 Å². The van der Waals surface area contributed by atoms with Crippen LogP contribution in [0.1, 0.15) is 83.1 Å². The highest BCUT2D eigenvalue weighted by molar-refractivity contribution is 5.83. The molecule has 1 unspecified atom stereocenters. The quantitative estimate of drug-likeness (QED) is 0.468. The summed E-state index contributed by atoms with van der Waals surface area (Å²) in [4.78, 5) is 0. The van der Waals surface area contributed by atoms with Gasteiger partial charge in [0.2, 0.25) is 0 Å². The Balaban J connectivity index is 1.24. The third kappa shape index (κ3) is 2.88. The molecule has 34 heavy (non-hydrogen) atoms. The van der Waals surface area contributed by atoms with Crippen molar-refractivity contribution < 1.29 is 9.47 Å². The van der Waals surface area contributed by atoms with Gasteiger partial charge in [0.15, 0.2) is 0 Å². The minimum Gasteiger partial charge on any atom is -0.378 e. The molecule has 6 atom stereocenters. The molecule has 5 aliphatic rings. The molecule has 2 aromatic rings. The molecule has 1 saturated heterocycles. The third-order valence-corrected chi connectivity index (χ3v) is 10.4. The normalized spacial score (nSPS) is 40.4. The molecule has 0 radical (unpaired) electrons. The van der Waals surface area contributed by atoms with Crippen molar-refractivity contribution in [2.75, 3.05) is 6.61 Å². The van der Waals surface area contributed by atoms with E-state index in [2.05, 4.69) is 68.5 Å². The molecule has 7 rings (SSSR count). The van der Waals surface area contributed by atoms with E-state index in [0.717, 1.165) is 32.3 Å². The maximum Gasteiger partial charge on any atom is 0.0974 e. The van der Waals surface area contributed by atoms with E-state index in [1.165, 1.54) is 54.0 Å². The second-order valence-corrected chi connectivity index (χ2v) is 12.0. The first-order valence-corrected chi connectivity index (χ1v) is 13.8. The van der Waals surface area contributed by atoms with Crippen LogP contribution in [0.15, 0.2) is 65.8 Å². The molecule has 2 heterocycles. The maximum atomic E-state index is 7.41. The molecule has 2 aliphatic heterocycles. The van der Waals surface area contributed by atoms with Crippen LogP contribution < -0.4 is 0 Å². The SMILES string of the molecule is CCCO[C@@H]1CCC2=CC3=CC[C@]4(C)[C@@H](c5ccc6ccccc6c5)CC[C@H]4[C@@]34CCC2(C1)O4. The highest BCUT2D eigenvalue weighted by Crippen LogP contribution is 2.69. The van der Waals surface area contributed by atoms with E-state index >= 15 is 0 Å². The van der Waals surface area contributed by atoms with Crippen LogP contribution in [0.3, 0.4) is 0 Å². The Bertz CT molecular complexity index is 1190. The van der Waals surface area contributed by atoms with Crippen molar-refractivity contribution in [1.82, 2.24) is 0 Å². The molecule has 0 N–H and O–H groups in total. The van der Waals surface area contributed by atoms with Gasteiger partial charge in [-0.3, -0.25) is 0 Å². The summed E-state index contributed by atoms with van der Waals surface area (Å²) in [6.07, 6.45) is 16.1. The summed E-state index contributed by atoms with van der Waals surface area (Å²) >= 11 is 0. The van der Waals surface area contributed by atoms with Gasteiger partial charge in [0.1, 0.15) is 0 Å². The average Bonchev–Trinajstić information content (AvgIpc) is 3.37. The van der Waals surface area contributed by atoms with Crippen LogP contribution in [-0.4, -0.2) is 23.9 Å². The van der Waals surface area contributed by atoms with Gasteiger partial charge in [-0.1, -0.05) is 68.5 Å². The van der Waals surface area contributed by atoms with Crippen LogP contribution >= 0.6 is 0 Å². The molecule has 0 aromatic heterocycles. The first-order valence-electron chi connectivity index (χ1n) is 13.8. The smallest absolute Gasteiger partial charge is 0.0974 e. The van der Waals surface area contributed by atoms with Crippen molar-refractivity contribution in [2.24, 2.45) is 11.3 Å². The van der Waals surface area contributed by atoms with Crippen LogP contribution in [0.25, 0.3) is 10.8 Å². The number of allylic oxidation sites excluding steroid dienone is 1. The Kier molecular flexibility index (Phi) is 4.75. The molecular formula is C32H38O2. The molecule has 3 aliphatic carbocycles. The molecule has 2 nitrogen and oxygen atoms in total. The summed E-state index contributed by atoms with van der Waals surface area (Å²) in [5.41, 5.74) is 4.74. The Morgan fingerprint density at radius 1 is 1.03 bits per heavy atom. The molecule has 2 spiro atoms. The van der Waals surface area contributed by atoms with Gasteiger partial charge < -0.3 is 9.47 Å². The second kappa shape index (κ2) is 7.55. The molecule has 3 fully saturated rings. The number of hydrogen-bond acceptors (Lipinski definition) is 2. The van der Waals surface area contributed by atoms with Crippen LogP contribution in [0.2, 0.25) is 0 Å². The summed E-state index contributed by atoms with van der Waals surface area (Å²) in [6, 6.07) is 16.0. The zero-order valence-corrected chi connectivity index (χ0v) is 20.8. The van der Waals surface area contributed by atoms with Crippen LogP contribution in [0, 0.1) is 11.3 Å². The van der Waals surface area contributed by atoms with Crippen LogP contribution in [0.5, 0.6) is 0 Å². The Hall–Kier alpha value is -1.90. The maximum absolute atomic E-state index is 7.41. The van der Waals surface area contributed by atoms with E-state index in [-0.39, 0.29) is 16.6 Å². The van der Waals surface area contributed by atoms with Crippen molar-refractivity contribution >= 4 is 10.8 Å². The zero-order chi connectivity index (χ0) is 23.0.